The molecule has 0 aromatic heterocycles. The summed E-state index contributed by atoms with van der Waals surface area (Å²) in [6, 6.07) is 5.28. The standard InChI is InChI=1S/C9H9NO2S/c1-6-3-4-7-8(5-6)13(2,12)10-9(7)11/h3-5H,1-2H3. The van der Waals surface area contributed by atoms with Gasteiger partial charge in [0.2, 0.25) is 0 Å². The van der Waals surface area contributed by atoms with Gasteiger partial charge in [-0.05, 0) is 24.6 Å². The molecule has 0 N–H and O–H groups in total. The summed E-state index contributed by atoms with van der Waals surface area (Å²) < 4.78 is 15.4. The number of carbonyl (C=O) groups is 1. The Labute approximate surface area is 77.0 Å². The number of aryl methyl sites for hydroxylation is 1. The molecule has 0 radical (unpaired) electrons. The second-order valence-corrected chi connectivity index (χ2v) is 5.43. The lowest BCUT2D eigenvalue weighted by Gasteiger charge is -1.99. The highest BCUT2D eigenvalue weighted by molar-refractivity contribution is 7.93. The Morgan fingerprint density at radius 3 is 2.77 bits per heavy atom. The minimum atomic E-state index is -2.45. The summed E-state index contributed by atoms with van der Waals surface area (Å²) in [6.07, 6.45) is 1.50. The predicted molar refractivity (Wildman–Crippen MR) is 50.3 cm³/mol. The number of hydrogen-bond donors (Lipinski definition) is 0. The number of carbonyl (C=O) groups excluding carboxylic acids is 1. The largest absolute Gasteiger partial charge is 0.286 e. The van der Waals surface area contributed by atoms with E-state index in [0.29, 0.717) is 10.5 Å². The van der Waals surface area contributed by atoms with Gasteiger partial charge < -0.3 is 0 Å². The topological polar surface area (TPSA) is 46.5 Å². The molecule has 2 rings (SSSR count). The van der Waals surface area contributed by atoms with Gasteiger partial charge in [-0.2, -0.15) is 4.36 Å². The van der Waals surface area contributed by atoms with Gasteiger partial charge in [-0.15, -0.1) is 0 Å². The van der Waals surface area contributed by atoms with E-state index in [1.165, 1.54) is 6.26 Å². The van der Waals surface area contributed by atoms with E-state index in [1.807, 2.05) is 13.0 Å². The third kappa shape index (κ3) is 1.18. The number of amides is 1. The van der Waals surface area contributed by atoms with Crippen molar-refractivity contribution < 1.29 is 9.00 Å². The molecule has 1 unspecified atom stereocenters. The molecule has 0 saturated heterocycles. The third-order valence-corrected chi connectivity index (χ3v) is 3.70. The van der Waals surface area contributed by atoms with Crippen molar-refractivity contribution in [2.75, 3.05) is 6.26 Å². The predicted octanol–water partition coefficient (Wildman–Crippen LogP) is 1.61. The van der Waals surface area contributed by atoms with Crippen LogP contribution in [0, 0.1) is 6.92 Å². The summed E-state index contributed by atoms with van der Waals surface area (Å²) in [5.41, 5.74) is 1.48. The van der Waals surface area contributed by atoms with Crippen molar-refractivity contribution in [3.8, 4) is 0 Å². The Balaban J connectivity index is 2.84. The van der Waals surface area contributed by atoms with Crippen LogP contribution in [-0.2, 0) is 9.73 Å². The SMILES string of the molecule is Cc1ccc2c(c1)S(C)(=O)=NC2=O. The van der Waals surface area contributed by atoms with E-state index in [0.717, 1.165) is 5.56 Å². The van der Waals surface area contributed by atoms with Crippen LogP contribution in [-0.4, -0.2) is 16.4 Å². The fraction of sp³-hybridized carbons (Fsp3) is 0.222. The van der Waals surface area contributed by atoms with Crippen LogP contribution in [0.1, 0.15) is 15.9 Å². The highest BCUT2D eigenvalue weighted by atomic mass is 32.2. The molecule has 1 aliphatic heterocycles. The van der Waals surface area contributed by atoms with Gasteiger partial charge in [0.15, 0.2) is 0 Å². The molecule has 68 valence electrons. The molecule has 1 aromatic rings. The molecule has 0 bridgehead atoms. The van der Waals surface area contributed by atoms with Crippen molar-refractivity contribution in [2.45, 2.75) is 11.8 Å². The van der Waals surface area contributed by atoms with Crippen LogP contribution in [0.5, 0.6) is 0 Å². The number of benzene rings is 1. The van der Waals surface area contributed by atoms with Crippen LogP contribution in [0.25, 0.3) is 0 Å². The molecule has 0 spiro atoms. The summed E-state index contributed by atoms with van der Waals surface area (Å²) in [5, 5.41) is 0. The number of hydrogen-bond acceptors (Lipinski definition) is 2. The normalized spacial score (nSPS) is 25.5. The van der Waals surface area contributed by atoms with E-state index in [1.54, 1.807) is 12.1 Å². The zero-order valence-electron chi connectivity index (χ0n) is 7.40. The summed E-state index contributed by atoms with van der Waals surface area (Å²) in [7, 11) is -2.45. The van der Waals surface area contributed by atoms with E-state index >= 15 is 0 Å². The zero-order valence-corrected chi connectivity index (χ0v) is 8.22. The molecule has 4 heteroatoms. The molecule has 3 nitrogen and oxygen atoms in total. The van der Waals surface area contributed by atoms with Crippen LogP contribution in [0.2, 0.25) is 0 Å². The van der Waals surface area contributed by atoms with Crippen LogP contribution in [0.3, 0.4) is 0 Å². The number of fused-ring (bicyclic) bond motifs is 1. The van der Waals surface area contributed by atoms with Crippen molar-refractivity contribution in [1.29, 1.82) is 0 Å². The van der Waals surface area contributed by atoms with Crippen LogP contribution >= 0.6 is 0 Å². The average molecular weight is 195 g/mol. The Morgan fingerprint density at radius 2 is 2.08 bits per heavy atom. The van der Waals surface area contributed by atoms with Gasteiger partial charge in [-0.1, -0.05) is 6.07 Å². The maximum atomic E-state index is 11.8. The number of nitrogens with zero attached hydrogens (tertiary/aromatic N) is 1. The number of rotatable bonds is 0. The van der Waals surface area contributed by atoms with Gasteiger partial charge in [0, 0.05) is 6.26 Å². The molecule has 0 fully saturated rings. The van der Waals surface area contributed by atoms with Crippen LogP contribution in [0.15, 0.2) is 27.5 Å². The van der Waals surface area contributed by atoms with Crippen molar-refractivity contribution in [3.63, 3.8) is 0 Å². The van der Waals surface area contributed by atoms with E-state index < -0.39 is 9.73 Å². The van der Waals surface area contributed by atoms with Gasteiger partial charge in [-0.25, -0.2) is 4.21 Å². The molecular formula is C9H9NO2S. The Bertz CT molecular complexity index is 510. The fourth-order valence-corrected chi connectivity index (χ4v) is 2.86. The zero-order chi connectivity index (χ0) is 9.64. The first-order chi connectivity index (χ1) is 6.00. The molecule has 1 aromatic carbocycles. The van der Waals surface area contributed by atoms with Gasteiger partial charge in [0.25, 0.3) is 5.91 Å². The van der Waals surface area contributed by atoms with Gasteiger partial charge in [0.1, 0.15) is 0 Å². The quantitative estimate of drug-likeness (QED) is 0.631. The second kappa shape index (κ2) is 2.42. The fourth-order valence-electron chi connectivity index (χ4n) is 1.38. The third-order valence-electron chi connectivity index (χ3n) is 2.03. The van der Waals surface area contributed by atoms with E-state index in [9.17, 15) is 9.00 Å². The van der Waals surface area contributed by atoms with E-state index in [2.05, 4.69) is 4.36 Å². The first kappa shape index (κ1) is 8.44. The van der Waals surface area contributed by atoms with Crippen molar-refractivity contribution in [3.05, 3.63) is 29.3 Å². The smallest absolute Gasteiger partial charge is 0.266 e. The molecule has 13 heavy (non-hydrogen) atoms. The monoisotopic (exact) mass is 195 g/mol. The average Bonchev–Trinajstić information content (AvgIpc) is 2.23. The summed E-state index contributed by atoms with van der Waals surface area (Å²) in [6.45, 7) is 1.90. The van der Waals surface area contributed by atoms with Gasteiger partial charge in [-0.3, -0.25) is 4.79 Å². The maximum absolute atomic E-state index is 11.8. The van der Waals surface area contributed by atoms with Gasteiger partial charge in [0.05, 0.1) is 20.2 Å². The Morgan fingerprint density at radius 1 is 1.38 bits per heavy atom. The summed E-state index contributed by atoms with van der Waals surface area (Å²) >= 11 is 0. The maximum Gasteiger partial charge on any atom is 0.286 e. The van der Waals surface area contributed by atoms with Gasteiger partial charge >= 0.3 is 0 Å². The highest BCUT2D eigenvalue weighted by Gasteiger charge is 2.25. The van der Waals surface area contributed by atoms with E-state index in [-0.39, 0.29) is 5.91 Å². The Kier molecular flexibility index (Phi) is 1.57. The molecular weight excluding hydrogens is 186 g/mol. The molecule has 1 amide bonds. The van der Waals surface area contributed by atoms with Crippen molar-refractivity contribution in [2.24, 2.45) is 4.36 Å². The van der Waals surface area contributed by atoms with Crippen LogP contribution in [0.4, 0.5) is 0 Å². The first-order valence-corrected chi connectivity index (χ1v) is 5.80. The molecule has 1 atom stereocenters. The minimum absolute atomic E-state index is 0.359. The molecule has 0 saturated carbocycles. The first-order valence-electron chi connectivity index (χ1n) is 3.88. The lowest BCUT2D eigenvalue weighted by Crippen LogP contribution is -1.95. The lowest BCUT2D eigenvalue weighted by molar-refractivity contribution is 0.101. The second-order valence-electron chi connectivity index (χ2n) is 3.20. The Hall–Kier alpha value is -1.16. The molecule has 1 heterocycles. The minimum Gasteiger partial charge on any atom is -0.266 e. The molecule has 1 aliphatic rings. The summed E-state index contributed by atoms with van der Waals surface area (Å²) in [4.78, 5) is 11.8. The van der Waals surface area contributed by atoms with Crippen LogP contribution < -0.4 is 0 Å². The lowest BCUT2D eigenvalue weighted by atomic mass is 10.1. The summed E-state index contributed by atoms with van der Waals surface area (Å²) in [5.74, 6) is -0.359. The highest BCUT2D eigenvalue weighted by Crippen LogP contribution is 2.26. The van der Waals surface area contributed by atoms with Crippen molar-refractivity contribution in [1.82, 2.24) is 0 Å². The van der Waals surface area contributed by atoms with Crippen molar-refractivity contribution >= 4 is 15.6 Å². The molecule has 0 aliphatic carbocycles. The van der Waals surface area contributed by atoms with E-state index in [4.69, 9.17) is 0 Å².